The Labute approximate surface area is 664 Å². The first-order chi connectivity index (χ1) is 53.4. The number of rotatable bonds is 12. The Morgan fingerprint density at radius 3 is 1.03 bits per heavy atom. The highest BCUT2D eigenvalue weighted by Gasteiger charge is 2.70. The van der Waals surface area contributed by atoms with Crippen LogP contribution in [0.2, 0.25) is 0 Å². The molecule has 3 saturated carbocycles. The Morgan fingerprint density at radius 1 is 0.465 bits per heavy atom. The van der Waals surface area contributed by atoms with Gasteiger partial charge in [0.2, 0.25) is 0 Å². The normalized spacial score (nSPS) is 32.6. The maximum Gasteiger partial charge on any atom is 0.255 e. The molecule has 114 heavy (non-hydrogen) atoms. The number of fused-ring (bicyclic) bond motifs is 9. The number of aliphatic hydroxyl groups is 9. The van der Waals surface area contributed by atoms with E-state index in [1.165, 1.54) is 84.0 Å². The number of piperidine rings is 2. The van der Waals surface area contributed by atoms with E-state index in [4.69, 9.17) is 17.2 Å². The van der Waals surface area contributed by atoms with Gasteiger partial charge in [-0.05, 0) is 222 Å². The van der Waals surface area contributed by atoms with Crippen LogP contribution in [0.3, 0.4) is 0 Å². The van der Waals surface area contributed by atoms with Crippen LogP contribution in [0.4, 0.5) is 0 Å². The summed E-state index contributed by atoms with van der Waals surface area (Å²) in [5.41, 5.74) is 7.69. The van der Waals surface area contributed by atoms with Gasteiger partial charge in [0.15, 0.2) is 68.9 Å². The molecular weight excluding hydrogens is 1550 g/mol. The summed E-state index contributed by atoms with van der Waals surface area (Å²) in [4.78, 5) is 161. The topological polar surface area (TPSA) is 551 Å². The number of primary amides is 3. The van der Waals surface area contributed by atoms with Gasteiger partial charge in [0.05, 0.1) is 64.4 Å². The van der Waals surface area contributed by atoms with Gasteiger partial charge in [-0.2, -0.15) is 0 Å². The number of carbonyl (C=O) groups excluding carboxylic acids is 12. The third-order valence-electron chi connectivity index (χ3n) is 26.1. The van der Waals surface area contributed by atoms with Gasteiger partial charge in [0.25, 0.3) is 17.7 Å². The van der Waals surface area contributed by atoms with Crippen LogP contribution in [-0.4, -0.2) is 284 Å². The lowest BCUT2D eigenvalue weighted by atomic mass is 9.53. The van der Waals surface area contributed by atoms with Crippen LogP contribution < -0.4 is 22.5 Å². The number of nitrogens with two attached hydrogens (primary N) is 3. The number of phenols is 3. The highest BCUT2D eigenvalue weighted by molar-refractivity contribution is 9.09. The Bertz CT molecular complexity index is 4650. The fourth-order valence-corrected chi connectivity index (χ4v) is 20.8. The molecule has 3 aromatic rings. The minimum atomic E-state index is -2.50. The van der Waals surface area contributed by atoms with Crippen molar-refractivity contribution in [3.8, 4) is 17.2 Å². The molecular formula is C81H101BrN8O24. The number of ketones is 9. The number of Topliss-reactive ketones (excluding diaryl/α,β-unsaturated/α-hetero) is 9. The number of likely N-dealkylation sites (N-methyl/N-ethyl adjacent to an activating group) is 3. The molecule has 11 aliphatic rings. The molecule has 18 atom stereocenters. The average molecular weight is 1650 g/mol. The van der Waals surface area contributed by atoms with Gasteiger partial charge in [-0.1, -0.05) is 29.8 Å². The summed E-state index contributed by atoms with van der Waals surface area (Å²) < 4.78 is 0. The van der Waals surface area contributed by atoms with Crippen LogP contribution in [-0.2, 0) is 48.0 Å². The van der Waals surface area contributed by atoms with Gasteiger partial charge in [0.1, 0.15) is 69.6 Å². The number of amides is 3. The molecule has 2 saturated heterocycles. The minimum absolute atomic E-state index is 0.00324. The van der Waals surface area contributed by atoms with Crippen LogP contribution in [0.25, 0.3) is 0 Å². The second-order valence-electron chi connectivity index (χ2n) is 33.4. The molecule has 3 aromatic carbocycles. The van der Waals surface area contributed by atoms with Crippen molar-refractivity contribution in [3.05, 3.63) is 120 Å². The highest BCUT2D eigenvalue weighted by atomic mass is 79.9. The molecule has 0 aromatic heterocycles. The van der Waals surface area contributed by atoms with E-state index < -0.39 is 193 Å². The molecule has 5 fully saturated rings. The molecule has 2 heterocycles. The molecule has 3 amide bonds. The average Bonchev–Trinajstić information content (AvgIpc) is 0.708. The Kier molecular flexibility index (Phi) is 24.4. The third-order valence-corrected chi connectivity index (χ3v) is 26.6. The predicted octanol–water partition coefficient (Wildman–Crippen LogP) is 0.557. The number of phenolic OH excluding ortho intramolecular Hbond substituents is 3. The van der Waals surface area contributed by atoms with Gasteiger partial charge in [-0.25, -0.2) is 0 Å². The second-order valence-corrected chi connectivity index (χ2v) is 33.9. The maximum absolute atomic E-state index is 13.9. The summed E-state index contributed by atoms with van der Waals surface area (Å²) >= 11 is 3.11. The van der Waals surface area contributed by atoms with Gasteiger partial charge >= 0.3 is 0 Å². The lowest BCUT2D eigenvalue weighted by Gasteiger charge is -2.55. The summed E-state index contributed by atoms with van der Waals surface area (Å²) in [5.74, 6) is -20.3. The van der Waals surface area contributed by atoms with Gasteiger partial charge in [0, 0.05) is 34.4 Å². The number of benzene rings is 3. The zero-order valence-corrected chi connectivity index (χ0v) is 66.3. The monoisotopic (exact) mass is 1650 g/mol. The first kappa shape index (κ1) is 86.0. The SMILES string of the molecule is CC(=O)c1ccc(O)c2c1C[C@H]1C[C@H]3[C@H](N(C)C)C(=O)C(C(N)=O)=C(O)[C@@]3(O)C(O)C1C2=O.CC1CCN(CC(=O)c2ccc(O)c3c2C[C@H]2C[C@H]4[C@H](N(C)C)C(=O)C(C(N)=O)=C(O)[C@@]4(O)C(O)C2C3=O)CC1.CC1CCNCC1.CN(C)[C@@H]1C(=O)C(C(N)=O)=C(O)[C@@]2(O)C(O)C3C(=O)c4c(O)ccc(C(=O)CBr)c4C[C@H]3C[C@@H]12. The number of halogens is 1. The maximum atomic E-state index is 13.9. The highest BCUT2D eigenvalue weighted by Crippen LogP contribution is 2.58. The number of nitrogens with one attached hydrogen (secondary N) is 1. The summed E-state index contributed by atoms with van der Waals surface area (Å²) in [6.07, 6.45) is -0.483. The van der Waals surface area contributed by atoms with Crippen LogP contribution in [0.1, 0.15) is 145 Å². The molecule has 9 aliphatic carbocycles. The molecule has 14 rings (SSSR count). The zero-order chi connectivity index (χ0) is 84.2. The van der Waals surface area contributed by atoms with E-state index in [1.54, 1.807) is 42.3 Å². The summed E-state index contributed by atoms with van der Waals surface area (Å²) in [7, 11) is 9.34. The Balaban J connectivity index is 0.000000162. The summed E-state index contributed by atoms with van der Waals surface area (Å²) in [6, 6.07) is 4.81. The third kappa shape index (κ3) is 14.1. The first-order valence-electron chi connectivity index (χ1n) is 38.2. The molecule has 0 spiro atoms. The number of aliphatic hydroxyl groups excluding tert-OH is 6. The van der Waals surface area contributed by atoms with Crippen LogP contribution in [0.5, 0.6) is 17.2 Å². The van der Waals surface area contributed by atoms with Crippen molar-refractivity contribution in [1.82, 2.24) is 24.9 Å². The molecule has 2 aliphatic heterocycles. The number of alkyl halides is 1. The Morgan fingerprint density at radius 2 is 0.754 bits per heavy atom. The van der Waals surface area contributed by atoms with Gasteiger partial charge in [-0.15, -0.1) is 0 Å². The van der Waals surface area contributed by atoms with Crippen molar-refractivity contribution >= 4 is 85.7 Å². The Hall–Kier alpha value is -8.84. The van der Waals surface area contributed by atoms with Crippen molar-refractivity contribution in [2.24, 2.45) is 82.3 Å². The summed E-state index contributed by atoms with van der Waals surface area (Å²) in [6.45, 7) is 10.1. The van der Waals surface area contributed by atoms with E-state index in [0.717, 1.165) is 31.8 Å². The quantitative estimate of drug-likeness (QED) is 0.0669. The predicted molar refractivity (Wildman–Crippen MR) is 409 cm³/mol. The number of hydrogen-bond acceptors (Lipinski definition) is 29. The molecule has 19 N–H and O–H groups in total. The van der Waals surface area contributed by atoms with Crippen molar-refractivity contribution in [2.45, 2.75) is 138 Å². The van der Waals surface area contributed by atoms with Crippen LogP contribution >= 0.6 is 15.9 Å². The lowest BCUT2D eigenvalue weighted by Crippen LogP contribution is -2.69. The number of likely N-dealkylation sites (tertiary alicyclic amines) is 1. The molecule has 6 unspecified atom stereocenters. The van der Waals surface area contributed by atoms with E-state index in [2.05, 4.69) is 40.0 Å². The number of aromatic hydroxyl groups is 3. The van der Waals surface area contributed by atoms with Gasteiger partial charge in [-0.3, -0.25) is 77.1 Å². The fourth-order valence-electron chi connectivity index (χ4n) is 20.5. The van der Waals surface area contributed by atoms with Crippen molar-refractivity contribution < 1.29 is 119 Å². The van der Waals surface area contributed by atoms with E-state index >= 15 is 0 Å². The molecule has 0 radical (unpaired) electrons. The fraction of sp³-hybridized carbons (Fsp3) is 0.556. The van der Waals surface area contributed by atoms with E-state index in [-0.39, 0.29) is 113 Å². The number of nitrogens with zero attached hydrogens (tertiary/aromatic N) is 4. The number of carbonyl (C=O) groups is 12. The molecule has 33 heteroatoms. The van der Waals surface area contributed by atoms with Crippen LogP contribution in [0.15, 0.2) is 70.4 Å². The second kappa shape index (κ2) is 32.3. The van der Waals surface area contributed by atoms with Crippen LogP contribution in [0, 0.1) is 65.1 Å². The largest absolute Gasteiger partial charge is 0.508 e. The molecule has 32 nitrogen and oxygen atoms in total. The van der Waals surface area contributed by atoms with Gasteiger partial charge < -0.3 is 83.8 Å². The standard InChI is InChI=1S/C29H37N3O8.C23H25BrN2O8.C23H26N2O8.C6H13N/c1-13-6-8-32(9-7-13)12-19(34)15-4-5-18(33)21-16(15)10-14-11-17-23(31(2)3)25(36)22(28(30)39)27(38)29(17,40)26(37)20(14)24(21)35;1-26(2)17-11-6-8-5-10-9(13(28)7-24)3-4-12(27)15(10)18(29)14(8)20(31)23(11,34)21(32)16(19(17)30)22(25)33;1-8(26)10-4-5-13(27)15-11(10)6-9-7-12-17(25(2)3)19(29)16(22(24)32)21(31)23(12,33)20(30)14(9)18(15)28;1-6-2-4-7-5-3-6/h4-5,13-14,17,20,23,26,33,37-38,40H,6-12H2,1-3H3,(H2,30,39);3-4,8,11,14,17,20,27,31-32,34H,5-7H2,1-2H3,(H2,25,33);4-5,9,12,14,17,20,27,30-31,33H,6-7H2,1-3H3,(H2,24,32);6-7H,2-5H2,1H3/t14-,17-,20?,23-,26?,29-;8-,11-,14?,17-,20?,23-;9-,12-,14?,17-,20?,23-;/m000./s1. The van der Waals surface area contributed by atoms with Crippen molar-refractivity contribution in [1.29, 1.82) is 0 Å². The molecule has 0 bridgehead atoms. The van der Waals surface area contributed by atoms with E-state index in [1.807, 2.05) is 0 Å². The van der Waals surface area contributed by atoms with E-state index in [9.17, 15) is 119 Å². The first-order valence-corrected chi connectivity index (χ1v) is 39.3. The summed E-state index contributed by atoms with van der Waals surface area (Å²) in [5, 5.41) is 137. The molecule has 616 valence electrons. The van der Waals surface area contributed by atoms with E-state index in [0.29, 0.717) is 28.2 Å². The van der Waals surface area contributed by atoms with Crippen molar-refractivity contribution in [3.63, 3.8) is 0 Å². The zero-order valence-electron chi connectivity index (χ0n) is 64.8. The van der Waals surface area contributed by atoms with Crippen molar-refractivity contribution in [2.75, 3.05) is 80.3 Å². The minimum Gasteiger partial charge on any atom is -0.508 e. The smallest absolute Gasteiger partial charge is 0.255 e. The number of hydrogen-bond donors (Lipinski definition) is 16. The lowest BCUT2D eigenvalue weighted by molar-refractivity contribution is -0.183.